The highest BCUT2D eigenvalue weighted by molar-refractivity contribution is 6.30. The lowest BCUT2D eigenvalue weighted by atomic mass is 10.1. The first-order valence-electron chi connectivity index (χ1n) is 3.84. The second-order valence-electron chi connectivity index (χ2n) is 2.68. The van der Waals surface area contributed by atoms with E-state index in [1.165, 1.54) is 11.1 Å². The average molecular weight is 176 g/mol. The van der Waals surface area contributed by atoms with Crippen molar-refractivity contribution in [3.8, 4) is 0 Å². The molecule has 0 nitrogen and oxygen atoms in total. The third kappa shape index (κ3) is 1.44. The highest BCUT2D eigenvalue weighted by Gasteiger charge is 2.00. The van der Waals surface area contributed by atoms with Crippen LogP contribution in [0.4, 0.5) is 0 Å². The van der Waals surface area contributed by atoms with Gasteiger partial charge in [-0.05, 0) is 23.3 Å². The summed E-state index contributed by atoms with van der Waals surface area (Å²) in [5.41, 5.74) is 2.45. The van der Waals surface area contributed by atoms with Crippen molar-refractivity contribution in [2.24, 2.45) is 0 Å². The van der Waals surface area contributed by atoms with Crippen molar-refractivity contribution >= 4 is 17.2 Å². The summed E-state index contributed by atoms with van der Waals surface area (Å²) in [5, 5.41) is 0.783. The van der Waals surface area contributed by atoms with Gasteiger partial charge in [-0.1, -0.05) is 42.0 Å². The van der Waals surface area contributed by atoms with Gasteiger partial charge in [-0.25, -0.2) is 0 Å². The quantitative estimate of drug-likeness (QED) is 0.613. The van der Waals surface area contributed by atoms with E-state index < -0.39 is 0 Å². The molecule has 0 bridgehead atoms. The van der Waals surface area contributed by atoms with Crippen molar-refractivity contribution in [1.29, 1.82) is 0 Å². The molecular weight excluding hydrogens is 168 g/mol. The van der Waals surface area contributed by atoms with Gasteiger partial charge in [0.25, 0.3) is 0 Å². The van der Waals surface area contributed by atoms with E-state index in [0.29, 0.717) is 0 Å². The molecule has 59 valence electrons. The number of hydrogen-bond donors (Lipinski definition) is 0. The molecule has 0 unspecified atom stereocenters. The van der Waals surface area contributed by atoms with Gasteiger partial charge in [0.2, 0.25) is 0 Å². The van der Waals surface area contributed by atoms with Crippen LogP contribution in [0.5, 0.6) is 0 Å². The first-order valence-corrected chi connectivity index (χ1v) is 4.22. The second kappa shape index (κ2) is 3.16. The average Bonchev–Trinajstić information content (AvgIpc) is 2.58. The maximum atomic E-state index is 5.77. The number of rotatable bonds is 1. The molecule has 1 aromatic carbocycles. The molecule has 0 aromatic heterocycles. The molecule has 0 fully saturated rings. The fourth-order valence-electron chi connectivity index (χ4n) is 1.21. The zero-order valence-corrected chi connectivity index (χ0v) is 7.25. The van der Waals surface area contributed by atoms with E-state index in [4.69, 9.17) is 11.6 Å². The standard InChI is InChI=1S/C11H8Cl/c12-11-7-5-10(6-8-11)9-3-1-2-4-9/h1-8H. The number of allylic oxidation sites excluding steroid dienone is 4. The molecule has 0 saturated carbocycles. The molecule has 1 aliphatic rings. The Bertz CT molecular complexity index is 331. The minimum absolute atomic E-state index is 0.783. The largest absolute Gasteiger partial charge is 0.0843 e. The highest BCUT2D eigenvalue weighted by atomic mass is 35.5. The van der Waals surface area contributed by atoms with Crippen molar-refractivity contribution in [3.05, 3.63) is 59.5 Å². The molecule has 2 rings (SSSR count). The van der Waals surface area contributed by atoms with Crippen LogP contribution < -0.4 is 0 Å². The Hall–Kier alpha value is -1.01. The van der Waals surface area contributed by atoms with Gasteiger partial charge in [0.1, 0.15) is 0 Å². The third-order valence-electron chi connectivity index (χ3n) is 1.84. The fraction of sp³-hybridized carbons (Fsp3) is 0. The summed E-state index contributed by atoms with van der Waals surface area (Å²) in [6, 6.07) is 7.86. The molecular formula is C11H8Cl. The molecule has 1 radical (unpaired) electrons. The Kier molecular flexibility index (Phi) is 2.01. The Balaban J connectivity index is 2.35. The van der Waals surface area contributed by atoms with Crippen LogP contribution in [0.25, 0.3) is 5.57 Å². The molecule has 0 atom stereocenters. The molecule has 12 heavy (non-hydrogen) atoms. The van der Waals surface area contributed by atoms with Gasteiger partial charge < -0.3 is 0 Å². The van der Waals surface area contributed by atoms with Gasteiger partial charge in [-0.2, -0.15) is 0 Å². The van der Waals surface area contributed by atoms with Crippen molar-refractivity contribution in [2.45, 2.75) is 0 Å². The Labute approximate surface area is 77.2 Å². The first kappa shape index (κ1) is 7.63. The molecule has 0 amide bonds. The maximum absolute atomic E-state index is 5.77. The summed E-state index contributed by atoms with van der Waals surface area (Å²) in [6.45, 7) is 0. The molecule has 0 spiro atoms. The SMILES string of the molecule is Clc1ccc(C2=C[CH]C=C2)cc1. The lowest BCUT2D eigenvalue weighted by Gasteiger charge is -1.98. The van der Waals surface area contributed by atoms with Crippen LogP contribution in [0.2, 0.25) is 5.02 Å². The zero-order chi connectivity index (χ0) is 8.39. The molecule has 1 aliphatic carbocycles. The monoisotopic (exact) mass is 175 g/mol. The second-order valence-corrected chi connectivity index (χ2v) is 3.12. The summed E-state index contributed by atoms with van der Waals surface area (Å²) < 4.78 is 0. The van der Waals surface area contributed by atoms with E-state index in [2.05, 4.69) is 12.2 Å². The van der Waals surface area contributed by atoms with Gasteiger partial charge in [0, 0.05) is 11.4 Å². The third-order valence-corrected chi connectivity index (χ3v) is 2.09. The van der Waals surface area contributed by atoms with Crippen LogP contribution in [0, 0.1) is 6.42 Å². The van der Waals surface area contributed by atoms with Crippen LogP contribution in [0.15, 0.2) is 42.5 Å². The Morgan fingerprint density at radius 3 is 2.33 bits per heavy atom. The smallest absolute Gasteiger partial charge is 0.0406 e. The van der Waals surface area contributed by atoms with Crippen LogP contribution >= 0.6 is 11.6 Å². The predicted octanol–water partition coefficient (Wildman–Crippen LogP) is 3.50. The van der Waals surface area contributed by atoms with Crippen LogP contribution in [0.3, 0.4) is 0 Å². The van der Waals surface area contributed by atoms with Gasteiger partial charge in [0.05, 0.1) is 0 Å². The Morgan fingerprint density at radius 2 is 1.75 bits per heavy atom. The predicted molar refractivity (Wildman–Crippen MR) is 52.9 cm³/mol. The van der Waals surface area contributed by atoms with Gasteiger partial charge in [0.15, 0.2) is 0 Å². The van der Waals surface area contributed by atoms with E-state index in [0.717, 1.165) is 5.02 Å². The van der Waals surface area contributed by atoms with E-state index in [9.17, 15) is 0 Å². The first-order chi connectivity index (χ1) is 5.86. The van der Waals surface area contributed by atoms with Crippen molar-refractivity contribution < 1.29 is 0 Å². The highest BCUT2D eigenvalue weighted by Crippen LogP contribution is 2.22. The van der Waals surface area contributed by atoms with Gasteiger partial charge >= 0.3 is 0 Å². The molecule has 0 N–H and O–H groups in total. The van der Waals surface area contributed by atoms with E-state index in [1.54, 1.807) is 0 Å². The minimum Gasteiger partial charge on any atom is -0.0843 e. The number of hydrogen-bond acceptors (Lipinski definition) is 0. The molecule has 0 heterocycles. The number of benzene rings is 1. The summed E-state index contributed by atoms with van der Waals surface area (Å²) in [5.74, 6) is 0. The number of halogens is 1. The van der Waals surface area contributed by atoms with E-state index >= 15 is 0 Å². The summed E-state index contributed by atoms with van der Waals surface area (Å²) in [6.07, 6.45) is 8.24. The Morgan fingerprint density at radius 1 is 1.00 bits per heavy atom. The molecule has 0 aliphatic heterocycles. The van der Waals surface area contributed by atoms with Crippen molar-refractivity contribution in [2.75, 3.05) is 0 Å². The normalized spacial score (nSPS) is 14.9. The maximum Gasteiger partial charge on any atom is 0.0406 e. The van der Waals surface area contributed by atoms with Crippen LogP contribution in [-0.2, 0) is 0 Å². The lowest BCUT2D eigenvalue weighted by Crippen LogP contribution is -1.76. The molecule has 1 heteroatoms. The summed E-state index contributed by atoms with van der Waals surface area (Å²) in [4.78, 5) is 0. The van der Waals surface area contributed by atoms with Crippen LogP contribution in [0.1, 0.15) is 5.56 Å². The minimum atomic E-state index is 0.783. The topological polar surface area (TPSA) is 0 Å². The van der Waals surface area contributed by atoms with Gasteiger partial charge in [-0.15, -0.1) is 0 Å². The van der Waals surface area contributed by atoms with Crippen LogP contribution in [-0.4, -0.2) is 0 Å². The van der Waals surface area contributed by atoms with E-state index in [-0.39, 0.29) is 0 Å². The van der Waals surface area contributed by atoms with E-state index in [1.807, 2.05) is 36.8 Å². The zero-order valence-electron chi connectivity index (χ0n) is 6.50. The van der Waals surface area contributed by atoms with Gasteiger partial charge in [-0.3, -0.25) is 0 Å². The van der Waals surface area contributed by atoms with Crippen molar-refractivity contribution in [1.82, 2.24) is 0 Å². The molecule has 0 saturated heterocycles. The molecule has 1 aromatic rings. The lowest BCUT2D eigenvalue weighted by molar-refractivity contribution is 1.63. The van der Waals surface area contributed by atoms with Crippen molar-refractivity contribution in [3.63, 3.8) is 0 Å². The summed E-state index contributed by atoms with van der Waals surface area (Å²) >= 11 is 5.77. The summed E-state index contributed by atoms with van der Waals surface area (Å²) in [7, 11) is 0. The fourth-order valence-corrected chi connectivity index (χ4v) is 1.33.